The minimum absolute atomic E-state index is 0.0939. The lowest BCUT2D eigenvalue weighted by Crippen LogP contribution is -2.36. The van der Waals surface area contributed by atoms with E-state index in [-0.39, 0.29) is 11.2 Å². The van der Waals surface area contributed by atoms with Gasteiger partial charge in [-0.25, -0.2) is 4.98 Å². The minimum atomic E-state index is -0.207. The van der Waals surface area contributed by atoms with Crippen LogP contribution in [-0.2, 0) is 4.79 Å². The van der Waals surface area contributed by atoms with Gasteiger partial charge >= 0.3 is 0 Å². The van der Waals surface area contributed by atoms with E-state index in [4.69, 9.17) is 0 Å². The molecule has 3 rings (SSSR count). The van der Waals surface area contributed by atoms with E-state index in [1.807, 2.05) is 84.1 Å². The predicted octanol–water partition coefficient (Wildman–Crippen LogP) is 3.87. The number of carbonyl (C=O) groups is 1. The van der Waals surface area contributed by atoms with E-state index in [1.165, 1.54) is 11.8 Å². The van der Waals surface area contributed by atoms with Gasteiger partial charge in [-0.1, -0.05) is 36.0 Å². The molecule has 1 unspecified atom stereocenters. The Morgan fingerprint density at radius 3 is 2.70 bits per heavy atom. The van der Waals surface area contributed by atoms with Gasteiger partial charge in [-0.3, -0.25) is 9.20 Å². The van der Waals surface area contributed by atoms with Crippen LogP contribution in [0.1, 0.15) is 13.8 Å². The Morgan fingerprint density at radius 1 is 1.22 bits per heavy atom. The number of benzene rings is 1. The number of nitrogens with zero attached hydrogens (tertiary/aromatic N) is 3. The number of thioether (sulfide) groups is 1. The normalized spacial score (nSPS) is 12.3. The number of hydrogen-bond acceptors (Lipinski definition) is 3. The molecule has 2 aromatic heterocycles. The average Bonchev–Trinajstić information content (AvgIpc) is 2.99. The van der Waals surface area contributed by atoms with Crippen molar-refractivity contribution in [3.63, 3.8) is 0 Å². The summed E-state index contributed by atoms with van der Waals surface area (Å²) in [5.41, 5.74) is 1.96. The number of carbonyl (C=O) groups excluding carboxylic acids is 1. The summed E-state index contributed by atoms with van der Waals surface area (Å²) >= 11 is 1.49. The molecular weight excluding hydrogens is 306 g/mol. The SMILES string of the molecule is CCN(C(=O)C(C)Sc1ncc2ccccn12)c1ccccc1. The van der Waals surface area contributed by atoms with Crippen LogP contribution in [-0.4, -0.2) is 27.1 Å². The van der Waals surface area contributed by atoms with Gasteiger partial charge in [-0.2, -0.15) is 0 Å². The number of hydrogen-bond donors (Lipinski definition) is 0. The molecule has 5 heteroatoms. The maximum atomic E-state index is 12.8. The molecular formula is C18H19N3OS. The highest BCUT2D eigenvalue weighted by Crippen LogP contribution is 2.26. The standard InChI is InChI=1S/C18H19N3OS/c1-3-20(15-9-5-4-6-10-15)17(22)14(2)23-18-19-13-16-11-7-8-12-21(16)18/h4-14H,3H2,1-2H3. The fraction of sp³-hybridized carbons (Fsp3) is 0.222. The summed E-state index contributed by atoms with van der Waals surface area (Å²) in [6, 6.07) is 15.7. The van der Waals surface area contributed by atoms with E-state index in [9.17, 15) is 4.79 Å². The van der Waals surface area contributed by atoms with E-state index in [2.05, 4.69) is 4.98 Å². The summed E-state index contributed by atoms with van der Waals surface area (Å²) in [6.07, 6.45) is 3.80. The summed E-state index contributed by atoms with van der Waals surface area (Å²) in [4.78, 5) is 19.0. The van der Waals surface area contributed by atoms with Crippen LogP contribution >= 0.6 is 11.8 Å². The molecule has 0 bridgehead atoms. The van der Waals surface area contributed by atoms with Crippen LogP contribution in [0.5, 0.6) is 0 Å². The molecule has 0 fully saturated rings. The van der Waals surface area contributed by atoms with Crippen molar-refractivity contribution in [1.82, 2.24) is 9.38 Å². The number of fused-ring (bicyclic) bond motifs is 1. The van der Waals surface area contributed by atoms with Crippen molar-refractivity contribution >= 4 is 28.9 Å². The molecule has 0 aliphatic rings. The topological polar surface area (TPSA) is 37.6 Å². The molecule has 0 spiro atoms. The molecule has 118 valence electrons. The fourth-order valence-corrected chi connectivity index (χ4v) is 3.45. The highest BCUT2D eigenvalue weighted by atomic mass is 32.2. The number of rotatable bonds is 5. The first-order valence-corrected chi connectivity index (χ1v) is 8.54. The second kappa shape index (κ2) is 6.87. The third-order valence-electron chi connectivity index (χ3n) is 3.68. The summed E-state index contributed by atoms with van der Waals surface area (Å²) in [5, 5.41) is 0.631. The van der Waals surface area contributed by atoms with Crippen molar-refractivity contribution in [2.24, 2.45) is 0 Å². The number of aromatic nitrogens is 2. The van der Waals surface area contributed by atoms with Gasteiger partial charge in [0.25, 0.3) is 0 Å². The van der Waals surface area contributed by atoms with E-state index in [0.29, 0.717) is 6.54 Å². The highest BCUT2D eigenvalue weighted by molar-refractivity contribution is 8.00. The minimum Gasteiger partial charge on any atom is -0.312 e. The summed E-state index contributed by atoms with van der Waals surface area (Å²) < 4.78 is 2.01. The zero-order chi connectivity index (χ0) is 16.2. The number of pyridine rings is 1. The lowest BCUT2D eigenvalue weighted by atomic mass is 10.2. The van der Waals surface area contributed by atoms with Crippen molar-refractivity contribution in [3.8, 4) is 0 Å². The first-order chi connectivity index (χ1) is 11.2. The zero-order valence-corrected chi connectivity index (χ0v) is 14.0. The zero-order valence-electron chi connectivity index (χ0n) is 13.2. The van der Waals surface area contributed by atoms with Gasteiger partial charge in [-0.05, 0) is 38.1 Å². The summed E-state index contributed by atoms with van der Waals surface area (Å²) in [6.45, 7) is 4.58. The van der Waals surface area contributed by atoms with Crippen LogP contribution in [0.4, 0.5) is 5.69 Å². The van der Waals surface area contributed by atoms with E-state index >= 15 is 0 Å². The van der Waals surface area contributed by atoms with Gasteiger partial charge in [-0.15, -0.1) is 0 Å². The van der Waals surface area contributed by atoms with Gasteiger partial charge < -0.3 is 4.90 Å². The molecule has 0 N–H and O–H groups in total. The van der Waals surface area contributed by atoms with Crippen molar-refractivity contribution in [2.45, 2.75) is 24.3 Å². The van der Waals surface area contributed by atoms with Crippen LogP contribution in [0.25, 0.3) is 5.52 Å². The third kappa shape index (κ3) is 3.24. The molecule has 0 aliphatic carbocycles. The quantitative estimate of drug-likeness (QED) is 0.668. The molecule has 0 saturated carbocycles. The van der Waals surface area contributed by atoms with Crippen LogP contribution in [0.15, 0.2) is 66.1 Å². The van der Waals surface area contributed by atoms with Crippen LogP contribution in [0.3, 0.4) is 0 Å². The van der Waals surface area contributed by atoms with Gasteiger partial charge in [0.15, 0.2) is 5.16 Å². The third-order valence-corrected chi connectivity index (χ3v) is 4.75. The second-order valence-electron chi connectivity index (χ2n) is 5.21. The largest absolute Gasteiger partial charge is 0.312 e. The van der Waals surface area contributed by atoms with Crippen LogP contribution in [0, 0.1) is 0 Å². The van der Waals surface area contributed by atoms with Crippen LogP contribution < -0.4 is 4.90 Å². The maximum Gasteiger partial charge on any atom is 0.240 e. The second-order valence-corrected chi connectivity index (χ2v) is 6.52. The predicted molar refractivity (Wildman–Crippen MR) is 95.0 cm³/mol. The smallest absolute Gasteiger partial charge is 0.240 e. The molecule has 4 nitrogen and oxygen atoms in total. The molecule has 23 heavy (non-hydrogen) atoms. The van der Waals surface area contributed by atoms with Gasteiger partial charge in [0.05, 0.1) is 17.0 Å². The van der Waals surface area contributed by atoms with E-state index in [0.717, 1.165) is 16.4 Å². The van der Waals surface area contributed by atoms with E-state index in [1.54, 1.807) is 0 Å². The van der Waals surface area contributed by atoms with Crippen molar-refractivity contribution < 1.29 is 4.79 Å². The summed E-state index contributed by atoms with van der Waals surface area (Å²) in [5.74, 6) is 0.0939. The molecule has 0 aliphatic heterocycles. The van der Waals surface area contributed by atoms with Crippen molar-refractivity contribution in [2.75, 3.05) is 11.4 Å². The first kappa shape index (κ1) is 15.6. The lowest BCUT2D eigenvalue weighted by molar-refractivity contribution is -0.117. The molecule has 3 aromatic rings. The van der Waals surface area contributed by atoms with Crippen molar-refractivity contribution in [1.29, 1.82) is 0 Å². The molecule has 0 radical (unpaired) electrons. The Kier molecular flexibility index (Phi) is 4.67. The molecule has 1 atom stereocenters. The molecule has 1 amide bonds. The number of para-hydroxylation sites is 1. The van der Waals surface area contributed by atoms with Crippen molar-refractivity contribution in [3.05, 3.63) is 60.9 Å². The Bertz CT molecular complexity index is 800. The average molecular weight is 325 g/mol. The van der Waals surface area contributed by atoms with Gasteiger partial charge in [0, 0.05) is 18.4 Å². The van der Waals surface area contributed by atoms with Crippen LogP contribution in [0.2, 0.25) is 0 Å². The molecule has 0 saturated heterocycles. The number of imidazole rings is 1. The molecule has 2 heterocycles. The number of amides is 1. The van der Waals surface area contributed by atoms with Gasteiger partial charge in [0.1, 0.15) is 0 Å². The fourth-order valence-electron chi connectivity index (χ4n) is 2.51. The Hall–Kier alpha value is -2.27. The first-order valence-electron chi connectivity index (χ1n) is 7.66. The maximum absolute atomic E-state index is 12.8. The monoisotopic (exact) mass is 325 g/mol. The Balaban J connectivity index is 1.79. The Morgan fingerprint density at radius 2 is 1.96 bits per heavy atom. The summed E-state index contributed by atoms with van der Waals surface area (Å²) in [7, 11) is 0. The highest BCUT2D eigenvalue weighted by Gasteiger charge is 2.23. The van der Waals surface area contributed by atoms with E-state index < -0.39 is 0 Å². The van der Waals surface area contributed by atoms with Gasteiger partial charge in [0.2, 0.25) is 5.91 Å². The molecule has 1 aromatic carbocycles. The Labute approximate surface area is 140 Å². The lowest BCUT2D eigenvalue weighted by Gasteiger charge is -2.24. The number of anilines is 1.